The number of hydrogen-bond donors (Lipinski definition) is 1. The van der Waals surface area contributed by atoms with Crippen LogP contribution in [0.1, 0.15) is 33.6 Å². The van der Waals surface area contributed by atoms with Crippen LogP contribution >= 0.6 is 0 Å². The lowest BCUT2D eigenvalue weighted by molar-refractivity contribution is 0.269. The number of piperazine rings is 1. The monoisotopic (exact) mass is 377 g/mol. The molecular formula is C21H36FN5. The van der Waals surface area contributed by atoms with Crippen LogP contribution in [0, 0.1) is 5.82 Å². The van der Waals surface area contributed by atoms with E-state index in [1.807, 2.05) is 12.1 Å². The number of benzene rings is 1. The average molecular weight is 378 g/mol. The molecule has 1 saturated heterocycles. The lowest BCUT2D eigenvalue weighted by Crippen LogP contribution is -2.52. The fourth-order valence-electron chi connectivity index (χ4n) is 3.17. The van der Waals surface area contributed by atoms with E-state index >= 15 is 0 Å². The number of nitrogens with zero attached hydrogens (tertiary/aromatic N) is 4. The van der Waals surface area contributed by atoms with Gasteiger partial charge in [-0.25, -0.2) is 4.39 Å². The summed E-state index contributed by atoms with van der Waals surface area (Å²) in [6, 6.07) is 7.38. The SMILES string of the molecule is CCNC(=NCCCCN(C)C(C)C)N1CCN(c2ccc(F)cc2)CC1. The second-order valence-electron chi connectivity index (χ2n) is 7.47. The Bertz CT molecular complexity index is 564. The molecule has 0 saturated carbocycles. The summed E-state index contributed by atoms with van der Waals surface area (Å²) >= 11 is 0. The van der Waals surface area contributed by atoms with Crippen molar-refractivity contribution in [2.45, 2.75) is 39.7 Å². The standard InChI is InChI=1S/C21H36FN5/c1-5-23-21(24-12-6-7-13-25(4)18(2)3)27-16-14-26(15-17-27)20-10-8-19(22)9-11-20/h8-11,18H,5-7,12-17H2,1-4H3,(H,23,24). The Hall–Kier alpha value is -1.82. The molecule has 152 valence electrons. The molecule has 1 N–H and O–H groups in total. The van der Waals surface area contributed by atoms with E-state index in [0.717, 1.165) is 63.9 Å². The Balaban J connectivity index is 1.80. The quantitative estimate of drug-likeness (QED) is 0.429. The maximum atomic E-state index is 13.1. The predicted octanol–water partition coefficient (Wildman–Crippen LogP) is 3.03. The molecule has 5 nitrogen and oxygen atoms in total. The fourth-order valence-corrected chi connectivity index (χ4v) is 3.17. The smallest absolute Gasteiger partial charge is 0.194 e. The lowest BCUT2D eigenvalue weighted by Gasteiger charge is -2.37. The van der Waals surface area contributed by atoms with Gasteiger partial charge in [-0.2, -0.15) is 0 Å². The van der Waals surface area contributed by atoms with Gasteiger partial charge in [0.25, 0.3) is 0 Å². The fraction of sp³-hybridized carbons (Fsp3) is 0.667. The molecule has 0 amide bonds. The van der Waals surface area contributed by atoms with E-state index in [-0.39, 0.29) is 5.82 Å². The van der Waals surface area contributed by atoms with Gasteiger partial charge in [-0.05, 0) is 71.5 Å². The molecule has 0 radical (unpaired) electrons. The van der Waals surface area contributed by atoms with Crippen LogP contribution in [0.5, 0.6) is 0 Å². The summed E-state index contributed by atoms with van der Waals surface area (Å²) in [4.78, 5) is 11.9. The highest BCUT2D eigenvalue weighted by Gasteiger charge is 2.19. The first-order valence-electron chi connectivity index (χ1n) is 10.2. The zero-order chi connectivity index (χ0) is 19.6. The zero-order valence-electron chi connectivity index (χ0n) is 17.4. The average Bonchev–Trinajstić information content (AvgIpc) is 2.67. The molecule has 1 heterocycles. The summed E-state index contributed by atoms with van der Waals surface area (Å²) in [6.45, 7) is 13.2. The summed E-state index contributed by atoms with van der Waals surface area (Å²) < 4.78 is 13.1. The van der Waals surface area contributed by atoms with E-state index in [1.54, 1.807) is 0 Å². The third-order valence-electron chi connectivity index (χ3n) is 5.17. The molecule has 1 fully saturated rings. The minimum Gasteiger partial charge on any atom is -0.368 e. The molecule has 1 aliphatic rings. The Kier molecular flexibility index (Phi) is 8.85. The maximum Gasteiger partial charge on any atom is 0.194 e. The molecule has 1 aromatic carbocycles. The van der Waals surface area contributed by atoms with E-state index in [1.165, 1.54) is 18.6 Å². The van der Waals surface area contributed by atoms with Crippen LogP contribution in [0.15, 0.2) is 29.3 Å². The molecule has 0 atom stereocenters. The van der Waals surface area contributed by atoms with Crippen molar-refractivity contribution in [3.8, 4) is 0 Å². The van der Waals surface area contributed by atoms with Gasteiger partial charge in [-0.3, -0.25) is 4.99 Å². The number of guanidine groups is 1. The Labute approximate surface area is 164 Å². The van der Waals surface area contributed by atoms with Crippen LogP contribution in [0.2, 0.25) is 0 Å². The van der Waals surface area contributed by atoms with Gasteiger partial charge >= 0.3 is 0 Å². The Morgan fingerprint density at radius 2 is 1.81 bits per heavy atom. The largest absolute Gasteiger partial charge is 0.368 e. The second-order valence-corrected chi connectivity index (χ2v) is 7.47. The number of hydrogen-bond acceptors (Lipinski definition) is 3. The van der Waals surface area contributed by atoms with E-state index in [2.05, 4.69) is 47.8 Å². The molecule has 0 unspecified atom stereocenters. The van der Waals surface area contributed by atoms with Crippen LogP contribution in [-0.4, -0.2) is 74.7 Å². The van der Waals surface area contributed by atoms with Crippen LogP contribution in [0.4, 0.5) is 10.1 Å². The van der Waals surface area contributed by atoms with Gasteiger partial charge in [0.2, 0.25) is 0 Å². The summed E-state index contributed by atoms with van der Waals surface area (Å²) in [5.74, 6) is 0.840. The van der Waals surface area contributed by atoms with Gasteiger partial charge in [0.05, 0.1) is 0 Å². The van der Waals surface area contributed by atoms with Gasteiger partial charge in [-0.15, -0.1) is 0 Å². The number of unbranched alkanes of at least 4 members (excludes halogenated alkanes) is 1. The minimum absolute atomic E-state index is 0.182. The van der Waals surface area contributed by atoms with Gasteiger partial charge in [0, 0.05) is 51.0 Å². The van der Waals surface area contributed by atoms with Crippen molar-refractivity contribution in [1.82, 2.24) is 15.1 Å². The van der Waals surface area contributed by atoms with Crippen molar-refractivity contribution >= 4 is 11.6 Å². The number of nitrogens with one attached hydrogen (secondary N) is 1. The van der Waals surface area contributed by atoms with Crippen molar-refractivity contribution in [3.63, 3.8) is 0 Å². The summed E-state index contributed by atoms with van der Waals surface area (Å²) in [5.41, 5.74) is 1.09. The highest BCUT2D eigenvalue weighted by atomic mass is 19.1. The first-order chi connectivity index (χ1) is 13.0. The molecule has 2 rings (SSSR count). The van der Waals surface area contributed by atoms with Crippen LogP contribution in [0.3, 0.4) is 0 Å². The van der Waals surface area contributed by atoms with E-state index < -0.39 is 0 Å². The third kappa shape index (κ3) is 7.01. The summed E-state index contributed by atoms with van der Waals surface area (Å²) in [5, 5.41) is 3.43. The van der Waals surface area contributed by atoms with Gasteiger partial charge in [0.15, 0.2) is 5.96 Å². The number of halogens is 1. The topological polar surface area (TPSA) is 34.1 Å². The van der Waals surface area contributed by atoms with Crippen molar-refractivity contribution < 1.29 is 4.39 Å². The summed E-state index contributed by atoms with van der Waals surface area (Å²) in [7, 11) is 2.18. The van der Waals surface area contributed by atoms with Gasteiger partial charge in [-0.1, -0.05) is 0 Å². The number of rotatable bonds is 8. The second kappa shape index (κ2) is 11.1. The minimum atomic E-state index is -0.182. The number of aliphatic imine (C=N–C) groups is 1. The Morgan fingerprint density at radius 3 is 2.41 bits per heavy atom. The zero-order valence-corrected chi connectivity index (χ0v) is 17.4. The van der Waals surface area contributed by atoms with Crippen LogP contribution in [-0.2, 0) is 0 Å². The van der Waals surface area contributed by atoms with Crippen molar-refractivity contribution in [3.05, 3.63) is 30.1 Å². The lowest BCUT2D eigenvalue weighted by atomic mass is 10.2. The molecule has 0 spiro atoms. The van der Waals surface area contributed by atoms with E-state index in [0.29, 0.717) is 6.04 Å². The predicted molar refractivity (Wildman–Crippen MR) is 113 cm³/mol. The highest BCUT2D eigenvalue weighted by Crippen LogP contribution is 2.17. The van der Waals surface area contributed by atoms with Gasteiger partial charge in [0.1, 0.15) is 5.82 Å². The summed E-state index contributed by atoms with van der Waals surface area (Å²) in [6.07, 6.45) is 2.29. The molecule has 0 bridgehead atoms. The van der Waals surface area contributed by atoms with Crippen LogP contribution in [0.25, 0.3) is 0 Å². The van der Waals surface area contributed by atoms with Crippen LogP contribution < -0.4 is 10.2 Å². The molecule has 0 aliphatic carbocycles. The van der Waals surface area contributed by atoms with Crippen molar-refractivity contribution in [2.24, 2.45) is 4.99 Å². The molecule has 0 aromatic heterocycles. The molecular weight excluding hydrogens is 341 g/mol. The van der Waals surface area contributed by atoms with Crippen molar-refractivity contribution in [2.75, 3.05) is 57.8 Å². The van der Waals surface area contributed by atoms with Crippen molar-refractivity contribution in [1.29, 1.82) is 0 Å². The van der Waals surface area contributed by atoms with Gasteiger partial charge < -0.3 is 20.0 Å². The van der Waals surface area contributed by atoms with E-state index in [4.69, 9.17) is 4.99 Å². The normalized spacial score (nSPS) is 15.7. The third-order valence-corrected chi connectivity index (χ3v) is 5.17. The van der Waals surface area contributed by atoms with E-state index in [9.17, 15) is 4.39 Å². The first kappa shape index (κ1) is 21.5. The maximum absolute atomic E-state index is 13.1. The Morgan fingerprint density at radius 1 is 1.15 bits per heavy atom. The number of anilines is 1. The molecule has 1 aliphatic heterocycles. The first-order valence-corrected chi connectivity index (χ1v) is 10.2. The molecule has 1 aromatic rings. The molecule has 27 heavy (non-hydrogen) atoms. The molecule has 6 heteroatoms. The highest BCUT2D eigenvalue weighted by molar-refractivity contribution is 5.80.